The van der Waals surface area contributed by atoms with E-state index in [0.717, 1.165) is 33.5 Å². The molecule has 256 valence electrons. The van der Waals surface area contributed by atoms with Crippen LogP contribution in [-0.4, -0.2) is 56.4 Å². The average molecular weight is 682 g/mol. The molecule has 5 aromatic rings. The molecule has 11 nitrogen and oxygen atoms in total. The van der Waals surface area contributed by atoms with Crippen molar-refractivity contribution in [2.75, 3.05) is 11.3 Å². The maximum absolute atomic E-state index is 14.5. The molecule has 4 heterocycles. The number of aromatic nitrogens is 5. The predicted octanol–water partition coefficient (Wildman–Crippen LogP) is 6.81. The molecule has 0 saturated heterocycles. The molecule has 49 heavy (non-hydrogen) atoms. The van der Waals surface area contributed by atoms with Crippen molar-refractivity contribution in [1.29, 1.82) is 0 Å². The Morgan fingerprint density at radius 1 is 1.00 bits per heavy atom. The molecule has 1 atom stereocenters. The Morgan fingerprint density at radius 2 is 1.71 bits per heavy atom. The smallest absolute Gasteiger partial charge is 0.264 e. The number of amides is 1. The molecule has 0 aliphatic carbocycles. The van der Waals surface area contributed by atoms with Gasteiger partial charge in [-0.3, -0.25) is 9.78 Å². The van der Waals surface area contributed by atoms with Gasteiger partial charge in [0.25, 0.3) is 15.9 Å². The van der Waals surface area contributed by atoms with E-state index in [9.17, 15) is 13.2 Å². The fourth-order valence-electron chi connectivity index (χ4n) is 6.48. The number of nitrogens with one attached hydrogen (secondary N) is 1. The van der Waals surface area contributed by atoms with Crippen molar-refractivity contribution in [3.05, 3.63) is 88.9 Å². The van der Waals surface area contributed by atoms with Crippen molar-refractivity contribution in [3.8, 4) is 17.1 Å². The monoisotopic (exact) mass is 681 g/mol. The first kappa shape index (κ1) is 34.0. The molecule has 3 aromatic heterocycles. The molecule has 0 unspecified atom stereocenters. The van der Waals surface area contributed by atoms with Gasteiger partial charge in [0.05, 0.1) is 35.1 Å². The molecular weight excluding hydrogens is 639 g/mol. The van der Waals surface area contributed by atoms with Crippen LogP contribution in [-0.2, 0) is 23.6 Å². The lowest BCUT2D eigenvalue weighted by Gasteiger charge is -2.35. The van der Waals surface area contributed by atoms with Gasteiger partial charge in [-0.1, -0.05) is 58.9 Å². The highest BCUT2D eigenvalue weighted by Crippen LogP contribution is 2.32. The van der Waals surface area contributed by atoms with Gasteiger partial charge in [-0.05, 0) is 67.0 Å². The number of hydrogen-bond acceptors (Lipinski definition) is 8. The van der Waals surface area contributed by atoms with Gasteiger partial charge in [0.15, 0.2) is 5.65 Å². The third-order valence-electron chi connectivity index (χ3n) is 8.77. The summed E-state index contributed by atoms with van der Waals surface area (Å²) in [7, 11) is -2.21. The van der Waals surface area contributed by atoms with E-state index >= 15 is 0 Å². The number of aryl methyl sites for hydroxylation is 3. The first-order valence-corrected chi connectivity index (χ1v) is 17.9. The lowest BCUT2D eigenvalue weighted by molar-refractivity contribution is 0.0509. The maximum atomic E-state index is 14.5. The molecule has 0 fully saturated rings. The SMILES string of the molecule is Cc1cccc(C)c1-c1cc2nc(n1)NS(=O)(=O)c1cccc(c1)C(=O)N(Cc1cnc3cc(C(C)C)n(C)c3n1)[C@H](CC(C)(C)C)CO2. The number of ether oxygens (including phenoxy) is 1. The molecule has 6 rings (SSSR count). The summed E-state index contributed by atoms with van der Waals surface area (Å²) in [4.78, 5) is 34.9. The minimum atomic E-state index is -4.18. The third kappa shape index (κ3) is 7.15. The van der Waals surface area contributed by atoms with Crippen LogP contribution in [0.25, 0.3) is 22.4 Å². The zero-order valence-electron chi connectivity index (χ0n) is 29.3. The van der Waals surface area contributed by atoms with Crippen LogP contribution in [0.1, 0.15) is 79.8 Å². The first-order chi connectivity index (χ1) is 23.1. The van der Waals surface area contributed by atoms with Gasteiger partial charge in [-0.2, -0.15) is 4.98 Å². The van der Waals surface area contributed by atoms with E-state index in [1.54, 1.807) is 29.3 Å². The first-order valence-electron chi connectivity index (χ1n) is 16.4. The molecule has 1 aliphatic heterocycles. The molecule has 1 aliphatic rings. The van der Waals surface area contributed by atoms with E-state index in [-0.39, 0.29) is 52.7 Å². The summed E-state index contributed by atoms with van der Waals surface area (Å²) in [5.41, 5.74) is 6.59. The summed E-state index contributed by atoms with van der Waals surface area (Å²) in [5.74, 6) is 0.00464. The normalized spacial score (nSPS) is 16.5. The van der Waals surface area contributed by atoms with Crippen LogP contribution in [0.5, 0.6) is 5.88 Å². The van der Waals surface area contributed by atoms with E-state index in [4.69, 9.17) is 14.7 Å². The average Bonchev–Trinajstić information content (AvgIpc) is 3.36. The summed E-state index contributed by atoms with van der Waals surface area (Å²) in [6.45, 7) is 14.8. The van der Waals surface area contributed by atoms with Crippen molar-refractivity contribution in [1.82, 2.24) is 29.4 Å². The van der Waals surface area contributed by atoms with Gasteiger partial charge in [0, 0.05) is 29.9 Å². The number of nitrogens with zero attached hydrogens (tertiary/aromatic N) is 6. The fraction of sp³-hybridized carbons (Fsp3) is 0.378. The van der Waals surface area contributed by atoms with Crippen LogP contribution in [0.2, 0.25) is 0 Å². The fourth-order valence-corrected chi connectivity index (χ4v) is 7.47. The zero-order chi connectivity index (χ0) is 35.2. The Hall–Kier alpha value is -4.84. The number of anilines is 1. The van der Waals surface area contributed by atoms with Gasteiger partial charge in [0.1, 0.15) is 12.1 Å². The van der Waals surface area contributed by atoms with Crippen LogP contribution < -0.4 is 9.46 Å². The Kier molecular flexibility index (Phi) is 8.95. The molecule has 1 N–H and O–H groups in total. The summed E-state index contributed by atoms with van der Waals surface area (Å²) in [6, 6.07) is 15.3. The van der Waals surface area contributed by atoms with E-state index in [0.29, 0.717) is 17.8 Å². The van der Waals surface area contributed by atoms with E-state index in [1.165, 1.54) is 12.1 Å². The number of carbonyl (C=O) groups excluding carboxylic acids is 1. The van der Waals surface area contributed by atoms with Crippen LogP contribution in [0, 0.1) is 19.3 Å². The van der Waals surface area contributed by atoms with Crippen molar-refractivity contribution >= 4 is 33.0 Å². The Balaban J connectivity index is 1.50. The van der Waals surface area contributed by atoms with Gasteiger partial charge >= 0.3 is 0 Å². The van der Waals surface area contributed by atoms with Crippen LogP contribution in [0.3, 0.4) is 0 Å². The second-order valence-electron chi connectivity index (χ2n) is 14.3. The topological polar surface area (TPSA) is 132 Å². The lowest BCUT2D eigenvalue weighted by atomic mass is 9.87. The molecule has 12 heteroatoms. The Bertz CT molecular complexity index is 2150. The molecule has 0 spiro atoms. The summed E-state index contributed by atoms with van der Waals surface area (Å²) >= 11 is 0. The predicted molar refractivity (Wildman–Crippen MR) is 190 cm³/mol. The second-order valence-corrected chi connectivity index (χ2v) is 16.0. The van der Waals surface area contributed by atoms with Crippen molar-refractivity contribution in [3.63, 3.8) is 0 Å². The number of sulfonamides is 1. The van der Waals surface area contributed by atoms with Crippen LogP contribution in [0.4, 0.5) is 5.95 Å². The standard InChI is InChI=1S/C37H43N7O4S/c1-22(2)31-16-30-34(43(31)8)39-26(19-38-30)20-44-27(18-37(5,6)7)21-48-32-17-29(33-23(3)11-9-12-24(33)4)40-36(41-32)42-49(46,47)28-14-10-13-25(15-28)35(44)45/h9-17,19,22,27H,18,20-21H2,1-8H3,(H,40,41,42)/t27-/m1/s1. The molecule has 4 bridgehead atoms. The number of benzene rings is 2. The van der Waals surface area contributed by atoms with Gasteiger partial charge in [-0.25, -0.2) is 23.1 Å². The minimum Gasteiger partial charge on any atom is -0.475 e. The van der Waals surface area contributed by atoms with E-state index in [1.807, 2.05) is 49.7 Å². The van der Waals surface area contributed by atoms with Crippen LogP contribution in [0.15, 0.2) is 65.7 Å². The number of fused-ring (bicyclic) bond motifs is 5. The third-order valence-corrected chi connectivity index (χ3v) is 10.1. The molecule has 1 amide bonds. The van der Waals surface area contributed by atoms with Gasteiger partial charge in [0.2, 0.25) is 11.8 Å². The molecule has 2 aromatic carbocycles. The minimum absolute atomic E-state index is 0.0836. The van der Waals surface area contributed by atoms with E-state index in [2.05, 4.69) is 49.3 Å². The Labute approximate surface area is 287 Å². The van der Waals surface area contributed by atoms with Crippen molar-refractivity contribution in [2.45, 2.75) is 78.3 Å². The van der Waals surface area contributed by atoms with Crippen LogP contribution >= 0.6 is 0 Å². The number of rotatable bonds is 5. The maximum Gasteiger partial charge on any atom is 0.264 e. The van der Waals surface area contributed by atoms with Crippen molar-refractivity contribution in [2.24, 2.45) is 12.5 Å². The molecule has 0 radical (unpaired) electrons. The highest BCUT2D eigenvalue weighted by molar-refractivity contribution is 7.92. The molecule has 0 saturated carbocycles. The van der Waals surface area contributed by atoms with Gasteiger partial charge in [-0.15, -0.1) is 0 Å². The largest absolute Gasteiger partial charge is 0.475 e. The molecular formula is C37H43N7O4S. The number of hydrogen-bond donors (Lipinski definition) is 1. The zero-order valence-corrected chi connectivity index (χ0v) is 30.1. The summed E-state index contributed by atoms with van der Waals surface area (Å²) in [6.07, 6.45) is 2.28. The number of carbonyl (C=O) groups is 1. The lowest BCUT2D eigenvalue weighted by Crippen LogP contribution is -2.45. The highest BCUT2D eigenvalue weighted by Gasteiger charge is 2.32. The summed E-state index contributed by atoms with van der Waals surface area (Å²) < 4.78 is 38.4. The van der Waals surface area contributed by atoms with Gasteiger partial charge < -0.3 is 14.2 Å². The second kappa shape index (κ2) is 12.9. The summed E-state index contributed by atoms with van der Waals surface area (Å²) in [5, 5.41) is 0. The van der Waals surface area contributed by atoms with Crippen molar-refractivity contribution < 1.29 is 17.9 Å². The quantitative estimate of drug-likeness (QED) is 0.214. The van der Waals surface area contributed by atoms with E-state index < -0.39 is 16.1 Å². The Morgan fingerprint density at radius 3 is 2.41 bits per heavy atom. The highest BCUT2D eigenvalue weighted by atomic mass is 32.2.